The summed E-state index contributed by atoms with van der Waals surface area (Å²) in [5.74, 6) is 1.04. The highest BCUT2D eigenvalue weighted by Gasteiger charge is 2.27. The molecule has 2 aromatic carbocycles. The molecule has 0 fully saturated rings. The summed E-state index contributed by atoms with van der Waals surface area (Å²) in [4.78, 5) is 37.6. The molecule has 4 N–H and O–H groups in total. The molecule has 9 heteroatoms. The summed E-state index contributed by atoms with van der Waals surface area (Å²) in [6, 6.07) is 12.9. The van der Waals surface area contributed by atoms with Gasteiger partial charge in [0.05, 0.1) is 6.04 Å². The summed E-state index contributed by atoms with van der Waals surface area (Å²) >= 11 is 0. The lowest BCUT2D eigenvalue weighted by atomic mass is 9.97. The van der Waals surface area contributed by atoms with Gasteiger partial charge in [0.1, 0.15) is 22.9 Å². The normalized spacial score (nSPS) is 13.1. The number of aromatic nitrogens is 3. The molecule has 9 nitrogen and oxygen atoms in total. The first-order valence-electron chi connectivity index (χ1n) is 14.8. The third-order valence-corrected chi connectivity index (χ3v) is 7.69. The molecule has 0 spiro atoms. The van der Waals surface area contributed by atoms with Gasteiger partial charge in [0, 0.05) is 41.8 Å². The molecule has 0 saturated carbocycles. The van der Waals surface area contributed by atoms with Crippen LogP contribution in [0.2, 0.25) is 0 Å². The van der Waals surface area contributed by atoms with Crippen LogP contribution in [0.3, 0.4) is 0 Å². The van der Waals surface area contributed by atoms with E-state index < -0.39 is 0 Å². The molecule has 226 valence electrons. The first kappa shape index (κ1) is 31.4. The predicted octanol–water partition coefficient (Wildman–Crippen LogP) is 5.98. The number of benzene rings is 2. The molecule has 0 radical (unpaired) electrons. The van der Waals surface area contributed by atoms with Crippen LogP contribution in [0.15, 0.2) is 67.0 Å². The lowest BCUT2D eigenvalue weighted by Crippen LogP contribution is -2.33. The average molecular weight is 582 g/mol. The number of nitrogen functional groups attached to an aromatic ring is 1. The van der Waals surface area contributed by atoms with Gasteiger partial charge in [-0.15, -0.1) is 0 Å². The number of amides is 2. The van der Waals surface area contributed by atoms with E-state index in [-0.39, 0.29) is 23.8 Å². The average Bonchev–Trinajstić information content (AvgIpc) is 3.36. The Morgan fingerprint density at radius 3 is 2.56 bits per heavy atom. The monoisotopic (exact) mass is 581 g/mol. The van der Waals surface area contributed by atoms with E-state index >= 15 is 0 Å². The smallest absolute Gasteiger partial charge is 0.255 e. The number of carbonyl (C=O) groups excluding carboxylic acids is 2. The zero-order chi connectivity index (χ0) is 31.3. The number of nitrogens with two attached hydrogens (primary N) is 1. The van der Waals surface area contributed by atoms with Gasteiger partial charge in [0.25, 0.3) is 5.91 Å². The Labute approximate surface area is 254 Å². The Kier molecular flexibility index (Phi) is 9.98. The molecule has 2 heterocycles. The third-order valence-electron chi connectivity index (χ3n) is 7.69. The fourth-order valence-electron chi connectivity index (χ4n) is 5.19. The second-order valence-corrected chi connectivity index (χ2v) is 11.6. The summed E-state index contributed by atoms with van der Waals surface area (Å²) in [5, 5.41) is 6.18. The molecular weight excluding hydrogens is 538 g/mol. The predicted molar refractivity (Wildman–Crippen MR) is 174 cm³/mol. The van der Waals surface area contributed by atoms with Gasteiger partial charge in [-0.2, -0.15) is 0 Å². The fraction of sp³-hybridized carbons (Fsp3) is 0.353. The summed E-state index contributed by atoms with van der Waals surface area (Å²) in [5.41, 5.74) is 12.0. The zero-order valence-electron chi connectivity index (χ0n) is 26.2. The van der Waals surface area contributed by atoms with Gasteiger partial charge >= 0.3 is 0 Å². The van der Waals surface area contributed by atoms with Gasteiger partial charge in [-0.05, 0) is 68.2 Å². The Bertz CT molecular complexity index is 1640. The summed E-state index contributed by atoms with van der Waals surface area (Å²) in [6.45, 7) is 11.2. The second-order valence-electron chi connectivity index (χ2n) is 11.6. The lowest BCUT2D eigenvalue weighted by molar-refractivity contribution is -0.117. The molecular formula is C34H43N7O2. The first-order valence-corrected chi connectivity index (χ1v) is 14.8. The zero-order valence-corrected chi connectivity index (χ0v) is 26.2. The van der Waals surface area contributed by atoms with E-state index in [2.05, 4.69) is 56.3 Å². The Balaban J connectivity index is 1.70. The largest absolute Gasteiger partial charge is 0.382 e. The maximum atomic E-state index is 13.3. The summed E-state index contributed by atoms with van der Waals surface area (Å²) in [6.07, 6.45) is 7.64. The van der Waals surface area contributed by atoms with Crippen molar-refractivity contribution in [1.29, 1.82) is 0 Å². The number of likely N-dealkylation sites (N-methyl/N-ethyl adjacent to an activating group) is 1. The number of nitrogens with one attached hydrogen (secondary N) is 2. The minimum Gasteiger partial charge on any atom is -0.382 e. The molecule has 0 aliphatic carbocycles. The van der Waals surface area contributed by atoms with Gasteiger partial charge in [0.2, 0.25) is 5.91 Å². The number of hydrogen-bond acceptors (Lipinski definition) is 6. The number of carbonyl (C=O) groups is 2. The van der Waals surface area contributed by atoms with E-state index in [0.29, 0.717) is 40.9 Å². The molecule has 0 aliphatic rings. The van der Waals surface area contributed by atoms with Gasteiger partial charge in [-0.25, -0.2) is 9.97 Å². The number of imidazole rings is 1. The van der Waals surface area contributed by atoms with Crippen molar-refractivity contribution in [3.63, 3.8) is 0 Å². The molecule has 2 aromatic heterocycles. The van der Waals surface area contributed by atoms with Crippen molar-refractivity contribution in [2.75, 3.05) is 31.7 Å². The number of nitrogens with zero attached hydrogens (tertiary/aromatic N) is 4. The van der Waals surface area contributed by atoms with E-state index in [0.717, 1.165) is 23.2 Å². The van der Waals surface area contributed by atoms with Gasteiger partial charge < -0.3 is 21.3 Å². The molecule has 0 unspecified atom stereocenters. The van der Waals surface area contributed by atoms with Gasteiger partial charge in [-0.1, -0.05) is 58.4 Å². The van der Waals surface area contributed by atoms with Crippen LogP contribution in [0.1, 0.15) is 73.4 Å². The van der Waals surface area contributed by atoms with E-state index in [1.54, 1.807) is 24.5 Å². The van der Waals surface area contributed by atoms with Gasteiger partial charge in [0.15, 0.2) is 0 Å². The minimum atomic E-state index is -0.381. The van der Waals surface area contributed by atoms with Crippen LogP contribution >= 0.6 is 0 Å². The maximum Gasteiger partial charge on any atom is 0.255 e. The first-order chi connectivity index (χ1) is 20.5. The SMILES string of the molecule is CC[C@@H](C)[C@H](NC(=O)/C=C/CN(C)C)c1nc(-c2cccc(C(=O)Nc3ccc(C(C)C)c(C)c3)c2)c2c(N)nccn12. The molecule has 0 saturated heterocycles. The van der Waals surface area contributed by atoms with Crippen LogP contribution in [0.4, 0.5) is 11.5 Å². The number of hydrogen-bond donors (Lipinski definition) is 3. The molecule has 4 aromatic rings. The second kappa shape index (κ2) is 13.6. The summed E-state index contributed by atoms with van der Waals surface area (Å²) < 4.78 is 1.89. The molecule has 4 rings (SSSR count). The quantitative estimate of drug-likeness (QED) is 0.188. The van der Waals surface area contributed by atoms with Crippen LogP contribution in [0.5, 0.6) is 0 Å². The van der Waals surface area contributed by atoms with Crippen molar-refractivity contribution in [2.24, 2.45) is 5.92 Å². The molecule has 43 heavy (non-hydrogen) atoms. The van der Waals surface area contributed by atoms with Crippen LogP contribution in [0, 0.1) is 12.8 Å². The van der Waals surface area contributed by atoms with Crippen LogP contribution in [0.25, 0.3) is 16.8 Å². The standard InChI is InChI=1S/C34H43N7O2/c1-8-22(4)29(38-28(42)13-10-17-40(6)7)33-39-30(31-32(35)36-16-18-41(31)33)24-11-9-12-25(20-24)34(43)37-26-14-15-27(21(2)3)23(5)19-26/h9-16,18-22,29H,8,17H2,1-7H3,(H2,35,36)(H,37,43)(H,38,42)/b13-10+/t22-,29+/m1/s1. The Morgan fingerprint density at radius 1 is 1.12 bits per heavy atom. The molecule has 2 atom stereocenters. The van der Waals surface area contributed by atoms with Crippen molar-refractivity contribution in [3.8, 4) is 11.3 Å². The maximum absolute atomic E-state index is 13.3. The van der Waals surface area contributed by atoms with Gasteiger partial charge in [-0.3, -0.25) is 14.0 Å². The van der Waals surface area contributed by atoms with Crippen LogP contribution in [-0.4, -0.2) is 51.7 Å². The highest BCUT2D eigenvalue weighted by molar-refractivity contribution is 6.05. The van der Waals surface area contributed by atoms with Crippen molar-refractivity contribution < 1.29 is 9.59 Å². The highest BCUT2D eigenvalue weighted by atomic mass is 16.2. The Hall–Kier alpha value is -4.50. The third kappa shape index (κ3) is 7.29. The van der Waals surface area contributed by atoms with Crippen molar-refractivity contribution in [2.45, 2.75) is 53.0 Å². The summed E-state index contributed by atoms with van der Waals surface area (Å²) in [7, 11) is 3.90. The van der Waals surface area contributed by atoms with E-state index in [9.17, 15) is 9.59 Å². The van der Waals surface area contributed by atoms with Crippen molar-refractivity contribution in [1.82, 2.24) is 24.6 Å². The fourth-order valence-corrected chi connectivity index (χ4v) is 5.19. The molecule has 0 aliphatic heterocycles. The number of aryl methyl sites for hydroxylation is 1. The van der Waals surface area contributed by atoms with E-state index in [1.807, 2.05) is 59.8 Å². The number of rotatable bonds is 11. The molecule has 0 bridgehead atoms. The number of anilines is 2. The van der Waals surface area contributed by atoms with E-state index in [1.165, 1.54) is 5.56 Å². The number of fused-ring (bicyclic) bond motifs is 1. The Morgan fingerprint density at radius 2 is 1.88 bits per heavy atom. The minimum absolute atomic E-state index is 0.0849. The van der Waals surface area contributed by atoms with E-state index in [4.69, 9.17) is 10.7 Å². The molecule has 2 amide bonds. The highest BCUT2D eigenvalue weighted by Crippen LogP contribution is 2.33. The topological polar surface area (TPSA) is 118 Å². The van der Waals surface area contributed by atoms with Crippen LogP contribution < -0.4 is 16.4 Å². The van der Waals surface area contributed by atoms with Crippen molar-refractivity contribution in [3.05, 3.63) is 89.5 Å². The van der Waals surface area contributed by atoms with Crippen LogP contribution in [-0.2, 0) is 4.79 Å². The lowest BCUT2D eigenvalue weighted by Gasteiger charge is -2.23. The van der Waals surface area contributed by atoms with Crippen molar-refractivity contribution >= 4 is 28.8 Å².